The lowest BCUT2D eigenvalue weighted by Gasteiger charge is -2.07. The molecule has 7 heteroatoms. The number of alkyl halides is 2. The van der Waals surface area contributed by atoms with E-state index in [-0.39, 0.29) is 11.5 Å². The molecule has 2 aromatic carbocycles. The molecule has 5 nitrogen and oxygen atoms in total. The highest BCUT2D eigenvalue weighted by Crippen LogP contribution is 2.41. The van der Waals surface area contributed by atoms with Gasteiger partial charge in [0.1, 0.15) is 0 Å². The molecule has 0 unspecified atom stereocenters. The molecule has 0 saturated carbocycles. The number of nitrogens with zero attached hydrogens (tertiary/aromatic N) is 1. The van der Waals surface area contributed by atoms with Gasteiger partial charge in [0.25, 0.3) is 11.8 Å². The smallest absolute Gasteiger partial charge is 0.395 e. The van der Waals surface area contributed by atoms with Crippen LogP contribution in [0.25, 0.3) is 6.08 Å². The summed E-state index contributed by atoms with van der Waals surface area (Å²) in [6.45, 7) is 0. The molecule has 0 spiro atoms. The standard InChI is InChI=1S/C17H9F2NO4/c18-17(19)23-13-6-5-10(9-14(13)24-17)7-8-20-15(21)11-3-1-2-4-12(11)16(20)22/h1-9H/b8-7+. The number of amides is 2. The summed E-state index contributed by atoms with van der Waals surface area (Å²) in [6, 6.07) is 10.7. The summed E-state index contributed by atoms with van der Waals surface area (Å²) < 4.78 is 34.7. The van der Waals surface area contributed by atoms with Crippen LogP contribution in [0, 0.1) is 0 Å². The van der Waals surface area contributed by atoms with E-state index in [2.05, 4.69) is 9.47 Å². The number of hydrogen-bond acceptors (Lipinski definition) is 4. The van der Waals surface area contributed by atoms with Gasteiger partial charge in [-0.1, -0.05) is 18.2 Å². The van der Waals surface area contributed by atoms with Gasteiger partial charge in [-0.3, -0.25) is 9.59 Å². The van der Waals surface area contributed by atoms with Crippen molar-refractivity contribution in [3.63, 3.8) is 0 Å². The van der Waals surface area contributed by atoms with E-state index in [9.17, 15) is 18.4 Å². The number of hydrogen-bond donors (Lipinski definition) is 0. The summed E-state index contributed by atoms with van der Waals surface area (Å²) >= 11 is 0. The molecule has 4 rings (SSSR count). The van der Waals surface area contributed by atoms with Crippen molar-refractivity contribution < 1.29 is 27.8 Å². The van der Waals surface area contributed by atoms with E-state index in [1.165, 1.54) is 30.5 Å². The van der Waals surface area contributed by atoms with Crippen molar-refractivity contribution in [2.45, 2.75) is 6.29 Å². The van der Waals surface area contributed by atoms with Crippen molar-refractivity contribution in [2.24, 2.45) is 0 Å². The van der Waals surface area contributed by atoms with Gasteiger partial charge < -0.3 is 9.47 Å². The largest absolute Gasteiger partial charge is 0.586 e. The van der Waals surface area contributed by atoms with Gasteiger partial charge in [0.15, 0.2) is 11.5 Å². The van der Waals surface area contributed by atoms with Gasteiger partial charge in [-0.05, 0) is 35.9 Å². The number of ether oxygens (including phenoxy) is 2. The third-order valence-corrected chi connectivity index (χ3v) is 3.67. The maximum Gasteiger partial charge on any atom is 0.586 e. The summed E-state index contributed by atoms with van der Waals surface area (Å²) in [5, 5.41) is 0. The van der Waals surface area contributed by atoms with Crippen LogP contribution in [-0.2, 0) is 0 Å². The fourth-order valence-electron chi connectivity index (χ4n) is 2.57. The Morgan fingerprint density at radius 2 is 1.54 bits per heavy atom. The Labute approximate surface area is 134 Å². The molecule has 2 aliphatic rings. The minimum atomic E-state index is -3.69. The Bertz CT molecular complexity index is 872. The van der Waals surface area contributed by atoms with Crippen LogP contribution in [0.1, 0.15) is 26.3 Å². The van der Waals surface area contributed by atoms with Crippen molar-refractivity contribution in [3.8, 4) is 11.5 Å². The molecule has 0 saturated heterocycles. The zero-order valence-corrected chi connectivity index (χ0v) is 12.0. The number of benzene rings is 2. The predicted molar refractivity (Wildman–Crippen MR) is 78.6 cm³/mol. The molecule has 0 aliphatic carbocycles. The van der Waals surface area contributed by atoms with Crippen LogP contribution in [0.4, 0.5) is 8.78 Å². The third kappa shape index (κ3) is 2.21. The second-order valence-corrected chi connectivity index (χ2v) is 5.22. The Morgan fingerprint density at radius 1 is 0.917 bits per heavy atom. The first-order chi connectivity index (χ1) is 11.4. The molecule has 0 N–H and O–H groups in total. The van der Waals surface area contributed by atoms with E-state index in [1.807, 2.05) is 0 Å². The topological polar surface area (TPSA) is 55.8 Å². The molecule has 0 bridgehead atoms. The normalized spacial score (nSPS) is 17.7. The van der Waals surface area contributed by atoms with Crippen molar-refractivity contribution in [2.75, 3.05) is 0 Å². The number of rotatable bonds is 2. The Hall–Kier alpha value is -3.22. The minimum Gasteiger partial charge on any atom is -0.395 e. The van der Waals surface area contributed by atoms with E-state index in [1.54, 1.807) is 24.3 Å². The van der Waals surface area contributed by atoms with Crippen molar-refractivity contribution in [1.82, 2.24) is 4.90 Å². The maximum absolute atomic E-state index is 13.0. The number of fused-ring (bicyclic) bond motifs is 2. The van der Waals surface area contributed by atoms with Crippen molar-refractivity contribution >= 4 is 17.9 Å². The molecule has 0 radical (unpaired) electrons. The second kappa shape index (κ2) is 4.89. The van der Waals surface area contributed by atoms with Crippen LogP contribution < -0.4 is 9.47 Å². The number of imide groups is 1. The molecule has 0 fully saturated rings. The molecule has 2 aromatic rings. The summed E-state index contributed by atoms with van der Waals surface area (Å²) in [6.07, 6.45) is -0.921. The SMILES string of the molecule is O=C1c2ccccc2C(=O)N1/C=C/c1ccc2c(c1)OC(F)(F)O2. The first-order valence-electron chi connectivity index (χ1n) is 7.00. The van der Waals surface area contributed by atoms with Crippen molar-refractivity contribution in [3.05, 3.63) is 65.4 Å². The van der Waals surface area contributed by atoms with E-state index >= 15 is 0 Å². The van der Waals surface area contributed by atoms with Gasteiger partial charge in [0.05, 0.1) is 11.1 Å². The molecule has 24 heavy (non-hydrogen) atoms. The average molecular weight is 329 g/mol. The Kier molecular flexibility index (Phi) is 2.93. The molecule has 2 heterocycles. The summed E-state index contributed by atoms with van der Waals surface area (Å²) in [7, 11) is 0. The van der Waals surface area contributed by atoms with Gasteiger partial charge in [-0.2, -0.15) is 0 Å². The Morgan fingerprint density at radius 3 is 2.21 bits per heavy atom. The van der Waals surface area contributed by atoms with Crippen LogP contribution in [0.15, 0.2) is 48.7 Å². The van der Waals surface area contributed by atoms with Gasteiger partial charge >= 0.3 is 6.29 Å². The molecular weight excluding hydrogens is 320 g/mol. The average Bonchev–Trinajstić information content (AvgIpc) is 2.99. The van der Waals surface area contributed by atoms with Gasteiger partial charge in [0.2, 0.25) is 0 Å². The van der Waals surface area contributed by atoms with E-state index in [0.717, 1.165) is 4.90 Å². The number of carbonyl (C=O) groups is 2. The van der Waals surface area contributed by atoms with E-state index in [0.29, 0.717) is 16.7 Å². The lowest BCUT2D eigenvalue weighted by atomic mass is 10.1. The first kappa shape index (κ1) is 14.4. The van der Waals surface area contributed by atoms with Gasteiger partial charge in [-0.25, -0.2) is 4.90 Å². The molecule has 2 aliphatic heterocycles. The first-order valence-corrected chi connectivity index (χ1v) is 7.00. The fourth-order valence-corrected chi connectivity index (χ4v) is 2.57. The Balaban J connectivity index is 1.59. The van der Waals surface area contributed by atoms with Crippen LogP contribution in [-0.4, -0.2) is 23.0 Å². The number of carbonyl (C=O) groups excluding carboxylic acids is 2. The molecule has 0 atom stereocenters. The quantitative estimate of drug-likeness (QED) is 0.794. The van der Waals surface area contributed by atoms with Crippen LogP contribution in [0.2, 0.25) is 0 Å². The number of halogens is 2. The third-order valence-electron chi connectivity index (χ3n) is 3.67. The van der Waals surface area contributed by atoms with Crippen LogP contribution in [0.5, 0.6) is 11.5 Å². The van der Waals surface area contributed by atoms with Gasteiger partial charge in [-0.15, -0.1) is 8.78 Å². The fraction of sp³-hybridized carbons (Fsp3) is 0.0588. The van der Waals surface area contributed by atoms with Crippen LogP contribution in [0.3, 0.4) is 0 Å². The van der Waals surface area contributed by atoms with Gasteiger partial charge in [0, 0.05) is 6.20 Å². The van der Waals surface area contributed by atoms with Crippen LogP contribution >= 0.6 is 0 Å². The predicted octanol–water partition coefficient (Wildman–Crippen LogP) is 3.28. The molecule has 2 amide bonds. The van der Waals surface area contributed by atoms with E-state index < -0.39 is 18.1 Å². The lowest BCUT2D eigenvalue weighted by Crippen LogP contribution is -2.25. The summed E-state index contributed by atoms with van der Waals surface area (Å²) in [4.78, 5) is 25.4. The summed E-state index contributed by atoms with van der Waals surface area (Å²) in [5.41, 5.74) is 1.14. The highest BCUT2D eigenvalue weighted by molar-refractivity contribution is 6.22. The highest BCUT2D eigenvalue weighted by Gasteiger charge is 2.43. The monoisotopic (exact) mass is 329 g/mol. The molecule has 120 valence electrons. The zero-order valence-electron chi connectivity index (χ0n) is 12.0. The van der Waals surface area contributed by atoms with E-state index in [4.69, 9.17) is 0 Å². The lowest BCUT2D eigenvalue weighted by molar-refractivity contribution is -0.286. The zero-order chi connectivity index (χ0) is 16.9. The summed E-state index contributed by atoms with van der Waals surface area (Å²) in [5.74, 6) is -1.04. The highest BCUT2D eigenvalue weighted by atomic mass is 19.3. The van der Waals surface area contributed by atoms with Crippen molar-refractivity contribution in [1.29, 1.82) is 0 Å². The molecule has 0 aromatic heterocycles. The molecular formula is C17H9F2NO4. The maximum atomic E-state index is 13.0. The second-order valence-electron chi connectivity index (χ2n) is 5.22. The minimum absolute atomic E-state index is 0.0714.